The molecule has 1 unspecified atom stereocenters. The molecule has 1 aromatic heterocycles. The zero-order valence-corrected chi connectivity index (χ0v) is 11.3. The maximum Gasteiger partial charge on any atom is 0.306 e. The molecule has 1 atom stereocenters. The Hall–Kier alpha value is -1.85. The van der Waals surface area contributed by atoms with Crippen LogP contribution in [0.25, 0.3) is 0 Å². The highest BCUT2D eigenvalue weighted by molar-refractivity contribution is 6.02. The van der Waals surface area contributed by atoms with Crippen LogP contribution in [0.4, 0.5) is 0 Å². The van der Waals surface area contributed by atoms with Gasteiger partial charge in [-0.25, -0.2) is 4.68 Å². The van der Waals surface area contributed by atoms with Gasteiger partial charge in [0, 0.05) is 13.0 Å². The lowest BCUT2D eigenvalue weighted by Crippen LogP contribution is -2.17. The molecule has 0 saturated carbocycles. The largest absolute Gasteiger partial charge is 0.481 e. The minimum atomic E-state index is -0.464. The summed E-state index contributed by atoms with van der Waals surface area (Å²) in [7, 11) is 4.49. The molecule has 0 saturated heterocycles. The fourth-order valence-electron chi connectivity index (χ4n) is 1.83. The third-order valence-corrected chi connectivity index (χ3v) is 2.76. The topological polar surface area (TPSA) is 70.4 Å². The van der Waals surface area contributed by atoms with E-state index < -0.39 is 11.9 Å². The number of hydrogen-bond acceptors (Lipinski definition) is 5. The van der Waals surface area contributed by atoms with Crippen LogP contribution in [-0.2, 0) is 16.6 Å². The monoisotopic (exact) mass is 254 g/mol. The fourth-order valence-corrected chi connectivity index (χ4v) is 1.83. The number of esters is 1. The van der Waals surface area contributed by atoms with Gasteiger partial charge in [-0.05, 0) is 6.92 Å². The van der Waals surface area contributed by atoms with Crippen LogP contribution in [0.1, 0.15) is 29.4 Å². The number of Topliss-reactive ketones (excluding diaryl/α,β-unsaturated/α-hetero) is 1. The normalized spacial score (nSPS) is 12.1. The smallest absolute Gasteiger partial charge is 0.306 e. The van der Waals surface area contributed by atoms with Crippen LogP contribution in [0, 0.1) is 12.8 Å². The highest BCUT2D eigenvalue weighted by Crippen LogP contribution is 2.25. The fraction of sp³-hybridized carbons (Fsp3) is 0.583. The molecule has 100 valence electrons. The van der Waals surface area contributed by atoms with Crippen molar-refractivity contribution in [1.82, 2.24) is 9.78 Å². The van der Waals surface area contributed by atoms with Crippen LogP contribution in [0.5, 0.6) is 5.88 Å². The molecule has 0 aliphatic rings. The molecule has 18 heavy (non-hydrogen) atoms. The number of methoxy groups -OCH3 is 2. The van der Waals surface area contributed by atoms with Crippen molar-refractivity contribution in [3.8, 4) is 5.88 Å². The lowest BCUT2D eigenvalue weighted by Gasteiger charge is -2.10. The number of ketones is 1. The number of hydrogen-bond donors (Lipinski definition) is 0. The molecule has 0 N–H and O–H groups in total. The average molecular weight is 254 g/mol. The van der Waals surface area contributed by atoms with Gasteiger partial charge >= 0.3 is 5.97 Å². The van der Waals surface area contributed by atoms with Gasteiger partial charge < -0.3 is 9.47 Å². The van der Waals surface area contributed by atoms with Gasteiger partial charge in [-0.3, -0.25) is 9.59 Å². The maximum absolute atomic E-state index is 12.3. The molecular weight excluding hydrogens is 236 g/mol. The summed E-state index contributed by atoms with van der Waals surface area (Å²) in [5.74, 6) is -0.623. The molecule has 0 bridgehead atoms. The van der Waals surface area contributed by atoms with E-state index in [-0.39, 0.29) is 12.2 Å². The lowest BCUT2D eigenvalue weighted by molar-refractivity contribution is -0.141. The first-order valence-electron chi connectivity index (χ1n) is 5.61. The van der Waals surface area contributed by atoms with Crippen molar-refractivity contribution in [3.63, 3.8) is 0 Å². The molecule has 0 radical (unpaired) electrons. The zero-order valence-electron chi connectivity index (χ0n) is 11.3. The number of rotatable bonds is 5. The van der Waals surface area contributed by atoms with Crippen LogP contribution >= 0.6 is 0 Å². The molecule has 0 aromatic carbocycles. The summed E-state index contributed by atoms with van der Waals surface area (Å²) >= 11 is 0. The molecule has 0 fully saturated rings. The Morgan fingerprint density at radius 1 is 1.39 bits per heavy atom. The van der Waals surface area contributed by atoms with Crippen molar-refractivity contribution >= 4 is 11.8 Å². The summed E-state index contributed by atoms with van der Waals surface area (Å²) in [6, 6.07) is 0. The summed E-state index contributed by atoms with van der Waals surface area (Å²) in [6.45, 7) is 3.42. The van der Waals surface area contributed by atoms with Gasteiger partial charge in [0.1, 0.15) is 5.56 Å². The Kier molecular flexibility index (Phi) is 4.47. The quantitative estimate of drug-likeness (QED) is 0.581. The minimum absolute atomic E-state index is 0.0484. The first-order valence-corrected chi connectivity index (χ1v) is 5.61. The van der Waals surface area contributed by atoms with Crippen molar-refractivity contribution in [2.75, 3.05) is 14.2 Å². The summed E-state index contributed by atoms with van der Waals surface area (Å²) in [4.78, 5) is 23.4. The van der Waals surface area contributed by atoms with E-state index in [0.717, 1.165) is 0 Å². The van der Waals surface area contributed by atoms with Gasteiger partial charge in [0.05, 0.1) is 26.3 Å². The third kappa shape index (κ3) is 2.69. The Balaban J connectivity index is 3.00. The second-order valence-corrected chi connectivity index (χ2v) is 4.14. The standard InChI is InChI=1S/C12H18N2O4/c1-7(6-9(15)17-4)11(16)10-8(2)13-14(3)12(10)18-5/h7H,6H2,1-5H3. The first kappa shape index (κ1) is 14.2. The lowest BCUT2D eigenvalue weighted by atomic mass is 9.96. The van der Waals surface area contributed by atoms with Crippen molar-refractivity contribution in [1.29, 1.82) is 0 Å². The van der Waals surface area contributed by atoms with Gasteiger partial charge in [-0.1, -0.05) is 6.92 Å². The highest BCUT2D eigenvalue weighted by Gasteiger charge is 2.26. The predicted molar refractivity (Wildman–Crippen MR) is 64.6 cm³/mol. The predicted octanol–water partition coefficient (Wildman–Crippen LogP) is 1.12. The van der Waals surface area contributed by atoms with E-state index in [9.17, 15) is 9.59 Å². The van der Waals surface area contributed by atoms with Crippen LogP contribution in [0.2, 0.25) is 0 Å². The second kappa shape index (κ2) is 5.66. The number of carbonyl (C=O) groups is 2. The van der Waals surface area contributed by atoms with Gasteiger partial charge in [0.15, 0.2) is 5.78 Å². The summed E-state index contributed by atoms with van der Waals surface area (Å²) in [5, 5.41) is 4.14. The van der Waals surface area contributed by atoms with E-state index >= 15 is 0 Å². The molecule has 0 aliphatic carbocycles. The number of ether oxygens (including phenoxy) is 2. The van der Waals surface area contributed by atoms with E-state index in [1.807, 2.05) is 0 Å². The van der Waals surface area contributed by atoms with Crippen molar-refractivity contribution in [3.05, 3.63) is 11.3 Å². The van der Waals surface area contributed by atoms with Crippen LogP contribution in [-0.4, -0.2) is 35.8 Å². The van der Waals surface area contributed by atoms with Crippen molar-refractivity contribution in [2.45, 2.75) is 20.3 Å². The molecule has 1 heterocycles. The van der Waals surface area contributed by atoms with Gasteiger partial charge in [0.25, 0.3) is 0 Å². The van der Waals surface area contributed by atoms with Crippen LogP contribution in [0.3, 0.4) is 0 Å². The molecule has 6 heteroatoms. The Morgan fingerprint density at radius 2 is 2.00 bits per heavy atom. The number of nitrogens with zero attached hydrogens (tertiary/aromatic N) is 2. The minimum Gasteiger partial charge on any atom is -0.481 e. The SMILES string of the molecule is COC(=O)CC(C)C(=O)c1c(C)nn(C)c1OC. The molecule has 0 amide bonds. The van der Waals surface area contributed by atoms with Crippen LogP contribution in [0.15, 0.2) is 0 Å². The number of aromatic nitrogens is 2. The summed E-state index contributed by atoms with van der Waals surface area (Å²) in [6.07, 6.45) is 0.0484. The number of aryl methyl sites for hydroxylation is 2. The molecule has 0 spiro atoms. The molecule has 1 aromatic rings. The summed E-state index contributed by atoms with van der Waals surface area (Å²) in [5.41, 5.74) is 1.02. The van der Waals surface area contributed by atoms with E-state index in [1.54, 1.807) is 20.9 Å². The maximum atomic E-state index is 12.3. The second-order valence-electron chi connectivity index (χ2n) is 4.14. The Labute approximate surface area is 106 Å². The van der Waals surface area contributed by atoms with E-state index in [4.69, 9.17) is 4.74 Å². The van der Waals surface area contributed by atoms with E-state index in [1.165, 1.54) is 18.9 Å². The van der Waals surface area contributed by atoms with Gasteiger partial charge in [-0.15, -0.1) is 0 Å². The van der Waals surface area contributed by atoms with Crippen LogP contribution < -0.4 is 4.74 Å². The average Bonchev–Trinajstić information content (AvgIpc) is 2.61. The Bertz CT molecular complexity index is 465. The third-order valence-electron chi connectivity index (χ3n) is 2.76. The highest BCUT2D eigenvalue weighted by atomic mass is 16.5. The molecule has 6 nitrogen and oxygen atoms in total. The van der Waals surface area contributed by atoms with Crippen molar-refractivity contribution < 1.29 is 19.1 Å². The van der Waals surface area contributed by atoms with Crippen molar-refractivity contribution in [2.24, 2.45) is 13.0 Å². The molecule has 0 aliphatic heterocycles. The van der Waals surface area contributed by atoms with E-state index in [0.29, 0.717) is 17.1 Å². The molecular formula is C12H18N2O4. The summed E-state index contributed by atoms with van der Waals surface area (Å²) < 4.78 is 11.2. The Morgan fingerprint density at radius 3 is 2.50 bits per heavy atom. The number of carbonyl (C=O) groups excluding carboxylic acids is 2. The first-order chi connectivity index (χ1) is 8.42. The van der Waals surface area contributed by atoms with Gasteiger partial charge in [0.2, 0.25) is 5.88 Å². The zero-order chi connectivity index (χ0) is 13.9. The van der Waals surface area contributed by atoms with E-state index in [2.05, 4.69) is 9.84 Å². The molecule has 1 rings (SSSR count). The van der Waals surface area contributed by atoms with Gasteiger partial charge in [-0.2, -0.15) is 5.10 Å².